The van der Waals surface area contributed by atoms with Crippen molar-refractivity contribution < 1.29 is 9.63 Å². The van der Waals surface area contributed by atoms with Crippen LogP contribution >= 0.6 is 11.6 Å². The predicted octanol–water partition coefficient (Wildman–Crippen LogP) is 4.94. The first-order chi connectivity index (χ1) is 12.7. The second-order valence-corrected chi connectivity index (χ2v) is 6.27. The lowest BCUT2D eigenvalue weighted by atomic mass is 10.1. The van der Waals surface area contributed by atoms with E-state index in [1.54, 1.807) is 17.0 Å². The van der Waals surface area contributed by atoms with Gasteiger partial charge in [0.15, 0.2) is 5.71 Å². The Hall–Kier alpha value is -3.11. The Morgan fingerprint density at radius 3 is 2.35 bits per heavy atom. The molecule has 0 N–H and O–H groups in total. The molecular weight excluding hydrogens is 348 g/mol. The molecule has 0 saturated carbocycles. The molecule has 0 unspecified atom stereocenters. The molecule has 0 fully saturated rings. The number of halogens is 1. The maximum atomic E-state index is 12.9. The molecule has 5 heteroatoms. The zero-order valence-electron chi connectivity index (χ0n) is 13.8. The summed E-state index contributed by atoms with van der Waals surface area (Å²) in [5.74, 6) is -0.200. The number of amides is 1. The van der Waals surface area contributed by atoms with Crippen molar-refractivity contribution in [3.8, 4) is 0 Å². The number of hydrogen-bond donors (Lipinski definition) is 0. The first-order valence-electron chi connectivity index (χ1n) is 8.17. The van der Waals surface area contributed by atoms with Gasteiger partial charge in [-0.05, 0) is 35.9 Å². The van der Waals surface area contributed by atoms with Crippen molar-refractivity contribution in [2.45, 2.75) is 6.61 Å². The van der Waals surface area contributed by atoms with E-state index in [1.807, 2.05) is 66.7 Å². The van der Waals surface area contributed by atoms with Crippen LogP contribution in [0, 0.1) is 0 Å². The summed E-state index contributed by atoms with van der Waals surface area (Å²) in [6, 6.07) is 24.4. The summed E-state index contributed by atoms with van der Waals surface area (Å²) in [7, 11) is 0. The van der Waals surface area contributed by atoms with Gasteiger partial charge in [-0.15, -0.1) is 0 Å². The van der Waals surface area contributed by atoms with Crippen molar-refractivity contribution in [3.05, 3.63) is 95.0 Å². The van der Waals surface area contributed by atoms with Crippen LogP contribution in [0.2, 0.25) is 5.02 Å². The highest BCUT2D eigenvalue weighted by molar-refractivity contribution is 6.55. The fourth-order valence-corrected chi connectivity index (χ4v) is 3.00. The fourth-order valence-electron chi connectivity index (χ4n) is 2.87. The van der Waals surface area contributed by atoms with Gasteiger partial charge in [-0.2, -0.15) is 0 Å². The van der Waals surface area contributed by atoms with E-state index in [0.717, 1.165) is 22.5 Å². The molecule has 1 amide bonds. The zero-order chi connectivity index (χ0) is 17.9. The number of fused-ring (bicyclic) bond motifs is 1. The molecule has 0 aromatic heterocycles. The fraction of sp³-hybridized carbons (Fsp3) is 0.0476. The average molecular weight is 363 g/mol. The van der Waals surface area contributed by atoms with Crippen molar-refractivity contribution in [3.63, 3.8) is 0 Å². The van der Waals surface area contributed by atoms with Crippen molar-refractivity contribution in [1.82, 2.24) is 0 Å². The van der Waals surface area contributed by atoms with Crippen molar-refractivity contribution >= 4 is 34.6 Å². The number of hydrogen-bond acceptors (Lipinski definition) is 3. The summed E-state index contributed by atoms with van der Waals surface area (Å²) in [6.45, 7) is 0.265. The van der Waals surface area contributed by atoms with Crippen molar-refractivity contribution in [1.29, 1.82) is 0 Å². The second-order valence-electron chi connectivity index (χ2n) is 5.83. The molecule has 0 atom stereocenters. The van der Waals surface area contributed by atoms with E-state index in [2.05, 4.69) is 5.16 Å². The topological polar surface area (TPSA) is 41.9 Å². The molecule has 0 aliphatic carbocycles. The molecule has 4 nitrogen and oxygen atoms in total. The lowest BCUT2D eigenvalue weighted by molar-refractivity contribution is -0.111. The number of benzene rings is 3. The van der Waals surface area contributed by atoms with E-state index >= 15 is 0 Å². The number of rotatable bonds is 4. The monoisotopic (exact) mass is 362 g/mol. The smallest absolute Gasteiger partial charge is 0.285 e. The van der Waals surface area contributed by atoms with Gasteiger partial charge in [0, 0.05) is 16.3 Å². The molecule has 128 valence electrons. The van der Waals surface area contributed by atoms with Crippen LogP contribution in [0.3, 0.4) is 0 Å². The Labute approximate surface area is 156 Å². The van der Waals surface area contributed by atoms with E-state index in [1.165, 1.54) is 0 Å². The molecule has 0 radical (unpaired) electrons. The van der Waals surface area contributed by atoms with E-state index < -0.39 is 0 Å². The summed E-state index contributed by atoms with van der Waals surface area (Å²) < 4.78 is 0. The average Bonchev–Trinajstić information content (AvgIpc) is 2.96. The first kappa shape index (κ1) is 16.4. The van der Waals surface area contributed by atoms with E-state index in [-0.39, 0.29) is 12.5 Å². The molecule has 0 saturated heterocycles. The Morgan fingerprint density at radius 1 is 0.885 bits per heavy atom. The van der Waals surface area contributed by atoms with Crippen LogP contribution in [0.1, 0.15) is 11.1 Å². The van der Waals surface area contributed by atoms with E-state index in [4.69, 9.17) is 16.4 Å². The minimum Gasteiger partial charge on any atom is -0.390 e. The van der Waals surface area contributed by atoms with Gasteiger partial charge in [-0.25, -0.2) is 0 Å². The highest BCUT2D eigenvalue weighted by atomic mass is 35.5. The minimum atomic E-state index is -0.200. The van der Waals surface area contributed by atoms with Gasteiger partial charge in [-0.1, -0.05) is 65.3 Å². The van der Waals surface area contributed by atoms with Crippen LogP contribution in [-0.4, -0.2) is 11.6 Å². The second kappa shape index (κ2) is 7.02. The number of oxime groups is 1. The molecule has 3 aromatic carbocycles. The number of anilines is 2. The molecule has 0 spiro atoms. The molecule has 1 aliphatic rings. The molecule has 26 heavy (non-hydrogen) atoms. The minimum absolute atomic E-state index is 0.200. The predicted molar refractivity (Wildman–Crippen MR) is 103 cm³/mol. The summed E-state index contributed by atoms with van der Waals surface area (Å²) >= 11 is 5.88. The number of nitrogens with zero attached hydrogens (tertiary/aromatic N) is 2. The molecule has 1 aliphatic heterocycles. The van der Waals surface area contributed by atoms with Gasteiger partial charge in [0.25, 0.3) is 5.91 Å². The van der Waals surface area contributed by atoms with Crippen LogP contribution in [0.15, 0.2) is 84.0 Å². The maximum Gasteiger partial charge on any atom is 0.285 e. The van der Waals surface area contributed by atoms with E-state index in [9.17, 15) is 4.79 Å². The van der Waals surface area contributed by atoms with Gasteiger partial charge in [0.1, 0.15) is 6.61 Å². The molecule has 1 heterocycles. The summed E-state index contributed by atoms with van der Waals surface area (Å²) in [4.78, 5) is 20.1. The summed E-state index contributed by atoms with van der Waals surface area (Å²) in [5, 5.41) is 4.80. The number of carbonyl (C=O) groups is 1. The van der Waals surface area contributed by atoms with Crippen molar-refractivity contribution in [2.75, 3.05) is 4.90 Å². The summed E-state index contributed by atoms with van der Waals surface area (Å²) in [5.41, 5.74) is 3.60. The number of para-hydroxylation sites is 2. The van der Waals surface area contributed by atoms with Crippen LogP contribution in [0.5, 0.6) is 0 Å². The quantitative estimate of drug-likeness (QED) is 0.617. The lowest BCUT2D eigenvalue weighted by Gasteiger charge is -2.16. The normalized spacial score (nSPS) is 14.6. The molecule has 0 bridgehead atoms. The standard InChI is InChI=1S/C21H15ClN2O2/c22-16-12-10-15(11-13-16)14-26-23-20-18-8-4-5-9-19(18)24(21(20)25)17-6-2-1-3-7-17/h1-13H,14H2/b23-20-. The summed E-state index contributed by atoms with van der Waals surface area (Å²) in [6.07, 6.45) is 0. The van der Waals surface area contributed by atoms with Gasteiger partial charge >= 0.3 is 0 Å². The highest BCUT2D eigenvalue weighted by Crippen LogP contribution is 2.35. The first-order valence-corrected chi connectivity index (χ1v) is 8.55. The van der Waals surface area contributed by atoms with Gasteiger partial charge < -0.3 is 4.84 Å². The molecular formula is C21H15ClN2O2. The van der Waals surface area contributed by atoms with Gasteiger partial charge in [-0.3, -0.25) is 9.69 Å². The Morgan fingerprint density at radius 2 is 1.58 bits per heavy atom. The molecule has 4 rings (SSSR count). The third-order valence-electron chi connectivity index (χ3n) is 4.12. The Bertz CT molecular complexity index is 969. The third-order valence-corrected chi connectivity index (χ3v) is 4.37. The van der Waals surface area contributed by atoms with Gasteiger partial charge in [0.05, 0.1) is 5.69 Å². The SMILES string of the molecule is O=C1/C(=N\OCc2ccc(Cl)cc2)c2ccccc2N1c1ccccc1. The van der Waals surface area contributed by atoms with E-state index in [0.29, 0.717) is 10.7 Å². The molecule has 3 aromatic rings. The van der Waals surface area contributed by atoms with Gasteiger partial charge in [0.2, 0.25) is 0 Å². The Kier molecular flexibility index (Phi) is 4.42. The van der Waals surface area contributed by atoms with Crippen LogP contribution in [0.25, 0.3) is 0 Å². The zero-order valence-corrected chi connectivity index (χ0v) is 14.6. The van der Waals surface area contributed by atoms with Crippen LogP contribution < -0.4 is 4.90 Å². The van der Waals surface area contributed by atoms with Crippen LogP contribution in [0.4, 0.5) is 11.4 Å². The Balaban J connectivity index is 1.62. The largest absolute Gasteiger partial charge is 0.390 e. The third kappa shape index (κ3) is 3.07. The highest BCUT2D eigenvalue weighted by Gasteiger charge is 2.35. The van der Waals surface area contributed by atoms with Crippen molar-refractivity contribution in [2.24, 2.45) is 5.16 Å². The van der Waals surface area contributed by atoms with Crippen LogP contribution in [-0.2, 0) is 16.2 Å². The maximum absolute atomic E-state index is 12.9. The lowest BCUT2D eigenvalue weighted by Crippen LogP contribution is -2.25. The number of carbonyl (C=O) groups excluding carboxylic acids is 1.